The van der Waals surface area contributed by atoms with Crippen LogP contribution in [0.15, 0.2) is 81.8 Å². The van der Waals surface area contributed by atoms with E-state index in [9.17, 15) is 9.59 Å². The molecule has 182 valence electrons. The lowest BCUT2D eigenvalue weighted by atomic mass is 10.00. The number of ketones is 1. The Kier molecular flexibility index (Phi) is 6.34. The minimum atomic E-state index is -0.320. The van der Waals surface area contributed by atoms with Crippen molar-refractivity contribution < 1.29 is 23.2 Å². The zero-order valence-corrected chi connectivity index (χ0v) is 20.5. The van der Waals surface area contributed by atoms with Gasteiger partial charge in [0, 0.05) is 21.9 Å². The maximum Gasteiger partial charge on any atom is 0.230 e. The molecule has 6 nitrogen and oxygen atoms in total. The lowest BCUT2D eigenvalue weighted by Gasteiger charge is -2.08. The van der Waals surface area contributed by atoms with Crippen molar-refractivity contribution in [3.8, 4) is 5.75 Å². The molecular formula is C30H27NO5. The molecule has 0 saturated heterocycles. The molecule has 0 aliphatic heterocycles. The maximum absolute atomic E-state index is 13.4. The smallest absolute Gasteiger partial charge is 0.230 e. The molecule has 0 radical (unpaired) electrons. The Morgan fingerprint density at radius 2 is 1.72 bits per heavy atom. The standard InChI is InChI=1S/C30H27NO5/c1-4-34-22-12-9-19(10-13-22)29(33)30-28(23-7-5-6-8-26(23)36-30)31-27(32)16-21-17-35-25-14-11-20(18(2)3)15-24(21)25/h5-15,17-18H,4,16H2,1-3H3,(H,31,32). The van der Waals surface area contributed by atoms with Crippen LogP contribution in [0.25, 0.3) is 21.9 Å². The summed E-state index contributed by atoms with van der Waals surface area (Å²) < 4.78 is 17.1. The van der Waals surface area contributed by atoms with Crippen LogP contribution < -0.4 is 10.1 Å². The van der Waals surface area contributed by atoms with Gasteiger partial charge in [0.25, 0.3) is 0 Å². The fraction of sp³-hybridized carbons (Fsp3) is 0.200. The van der Waals surface area contributed by atoms with Gasteiger partial charge in [-0.1, -0.05) is 32.0 Å². The first-order valence-corrected chi connectivity index (χ1v) is 12.0. The van der Waals surface area contributed by atoms with E-state index in [2.05, 4.69) is 25.2 Å². The van der Waals surface area contributed by atoms with Crippen molar-refractivity contribution in [2.75, 3.05) is 11.9 Å². The molecule has 5 rings (SSSR count). The van der Waals surface area contributed by atoms with E-state index < -0.39 is 0 Å². The molecule has 3 aromatic carbocycles. The maximum atomic E-state index is 13.4. The number of rotatable bonds is 8. The number of fused-ring (bicyclic) bond motifs is 2. The number of para-hydroxylation sites is 1. The van der Waals surface area contributed by atoms with Gasteiger partial charge >= 0.3 is 0 Å². The molecule has 1 amide bonds. The van der Waals surface area contributed by atoms with Gasteiger partial charge in [0.2, 0.25) is 11.7 Å². The fourth-order valence-corrected chi connectivity index (χ4v) is 4.28. The van der Waals surface area contributed by atoms with E-state index in [0.29, 0.717) is 40.5 Å². The van der Waals surface area contributed by atoms with Gasteiger partial charge < -0.3 is 18.9 Å². The van der Waals surface area contributed by atoms with Crippen LogP contribution in [0, 0.1) is 0 Å². The van der Waals surface area contributed by atoms with E-state index in [1.807, 2.05) is 37.3 Å². The predicted octanol–water partition coefficient (Wildman–Crippen LogP) is 7.11. The number of amides is 1. The molecule has 2 aromatic heterocycles. The summed E-state index contributed by atoms with van der Waals surface area (Å²) in [4.78, 5) is 26.6. The van der Waals surface area contributed by atoms with E-state index in [-0.39, 0.29) is 23.9 Å². The van der Waals surface area contributed by atoms with Crippen LogP contribution in [0.3, 0.4) is 0 Å². The summed E-state index contributed by atoms with van der Waals surface area (Å²) >= 11 is 0. The summed E-state index contributed by atoms with van der Waals surface area (Å²) in [5.41, 5.74) is 4.03. The Bertz CT molecular complexity index is 1560. The number of hydrogen-bond donors (Lipinski definition) is 1. The van der Waals surface area contributed by atoms with E-state index >= 15 is 0 Å². The highest BCUT2D eigenvalue weighted by Crippen LogP contribution is 2.33. The minimum Gasteiger partial charge on any atom is -0.494 e. The molecule has 6 heteroatoms. The van der Waals surface area contributed by atoms with Crippen molar-refractivity contribution in [3.05, 3.63) is 95.4 Å². The zero-order chi connectivity index (χ0) is 25.2. The van der Waals surface area contributed by atoms with Crippen LogP contribution in [0.2, 0.25) is 0 Å². The summed E-state index contributed by atoms with van der Waals surface area (Å²) in [7, 11) is 0. The van der Waals surface area contributed by atoms with Crippen LogP contribution >= 0.6 is 0 Å². The lowest BCUT2D eigenvalue weighted by molar-refractivity contribution is -0.115. The Labute approximate surface area is 208 Å². The molecular weight excluding hydrogens is 454 g/mol. The van der Waals surface area contributed by atoms with Gasteiger partial charge in [0.15, 0.2) is 5.76 Å². The summed E-state index contributed by atoms with van der Waals surface area (Å²) in [5, 5.41) is 4.52. The molecule has 5 aromatic rings. The number of ether oxygens (including phenoxy) is 1. The van der Waals surface area contributed by atoms with E-state index in [1.54, 1.807) is 36.6 Å². The van der Waals surface area contributed by atoms with Gasteiger partial charge in [-0.25, -0.2) is 0 Å². The molecule has 1 N–H and O–H groups in total. The van der Waals surface area contributed by atoms with Crippen LogP contribution in [-0.4, -0.2) is 18.3 Å². The van der Waals surface area contributed by atoms with Crippen molar-refractivity contribution in [1.82, 2.24) is 0 Å². The first kappa shape index (κ1) is 23.4. The topological polar surface area (TPSA) is 81.7 Å². The normalized spacial score (nSPS) is 11.3. The molecule has 0 spiro atoms. The van der Waals surface area contributed by atoms with Gasteiger partial charge in [-0.2, -0.15) is 0 Å². The molecule has 0 fully saturated rings. The summed E-state index contributed by atoms with van der Waals surface area (Å²) in [6, 6.07) is 20.2. The fourth-order valence-electron chi connectivity index (χ4n) is 4.28. The molecule has 0 saturated carbocycles. The molecule has 0 unspecified atom stereocenters. The average Bonchev–Trinajstić information content (AvgIpc) is 3.45. The van der Waals surface area contributed by atoms with Gasteiger partial charge in [-0.05, 0) is 66.9 Å². The molecule has 2 heterocycles. The summed E-state index contributed by atoms with van der Waals surface area (Å²) in [5.74, 6) is 0.548. The van der Waals surface area contributed by atoms with Crippen molar-refractivity contribution in [3.63, 3.8) is 0 Å². The van der Waals surface area contributed by atoms with Crippen molar-refractivity contribution >= 4 is 39.3 Å². The Balaban J connectivity index is 1.45. The average molecular weight is 482 g/mol. The predicted molar refractivity (Wildman–Crippen MR) is 140 cm³/mol. The molecule has 0 aliphatic rings. The number of furan rings is 2. The van der Waals surface area contributed by atoms with Crippen LogP contribution in [0.4, 0.5) is 5.69 Å². The van der Waals surface area contributed by atoms with E-state index in [4.69, 9.17) is 13.6 Å². The number of nitrogens with one attached hydrogen (secondary N) is 1. The molecule has 0 atom stereocenters. The lowest BCUT2D eigenvalue weighted by Crippen LogP contribution is -2.16. The first-order chi connectivity index (χ1) is 17.4. The summed E-state index contributed by atoms with van der Waals surface area (Å²) in [6.07, 6.45) is 1.72. The Morgan fingerprint density at radius 1 is 0.944 bits per heavy atom. The van der Waals surface area contributed by atoms with Crippen LogP contribution in [-0.2, 0) is 11.2 Å². The molecule has 36 heavy (non-hydrogen) atoms. The van der Waals surface area contributed by atoms with Crippen molar-refractivity contribution in [2.24, 2.45) is 0 Å². The highest BCUT2D eigenvalue weighted by molar-refractivity contribution is 6.17. The monoisotopic (exact) mass is 481 g/mol. The minimum absolute atomic E-state index is 0.0906. The van der Waals surface area contributed by atoms with Crippen LogP contribution in [0.1, 0.15) is 53.9 Å². The Hall–Kier alpha value is -4.32. The van der Waals surface area contributed by atoms with Gasteiger partial charge in [0.1, 0.15) is 16.9 Å². The third-order valence-corrected chi connectivity index (χ3v) is 6.19. The first-order valence-electron chi connectivity index (χ1n) is 12.0. The highest BCUT2D eigenvalue weighted by Gasteiger charge is 2.24. The third kappa shape index (κ3) is 4.50. The number of hydrogen-bond acceptors (Lipinski definition) is 5. The second kappa shape index (κ2) is 9.74. The molecule has 0 bridgehead atoms. The second-order valence-electron chi connectivity index (χ2n) is 8.99. The van der Waals surface area contributed by atoms with Gasteiger partial charge in [-0.15, -0.1) is 0 Å². The number of carbonyl (C=O) groups excluding carboxylic acids is 2. The second-order valence-corrected chi connectivity index (χ2v) is 8.99. The highest BCUT2D eigenvalue weighted by atomic mass is 16.5. The van der Waals surface area contributed by atoms with Gasteiger partial charge in [-0.3, -0.25) is 9.59 Å². The quantitative estimate of drug-likeness (QED) is 0.239. The van der Waals surface area contributed by atoms with Gasteiger partial charge in [0.05, 0.1) is 25.0 Å². The SMILES string of the molecule is CCOc1ccc(C(=O)c2oc3ccccc3c2NC(=O)Cc2coc3ccc(C(C)C)cc23)cc1. The van der Waals surface area contributed by atoms with E-state index in [0.717, 1.165) is 16.5 Å². The zero-order valence-electron chi connectivity index (χ0n) is 20.5. The third-order valence-electron chi connectivity index (χ3n) is 6.19. The van der Waals surface area contributed by atoms with Crippen molar-refractivity contribution in [1.29, 1.82) is 0 Å². The van der Waals surface area contributed by atoms with E-state index in [1.165, 1.54) is 5.56 Å². The number of carbonyl (C=O) groups is 2. The summed E-state index contributed by atoms with van der Waals surface area (Å²) in [6.45, 7) is 6.69. The number of benzene rings is 3. The Morgan fingerprint density at radius 3 is 2.47 bits per heavy atom. The number of anilines is 1. The largest absolute Gasteiger partial charge is 0.494 e. The van der Waals surface area contributed by atoms with Crippen molar-refractivity contribution in [2.45, 2.75) is 33.1 Å². The molecule has 0 aliphatic carbocycles. The van der Waals surface area contributed by atoms with Crippen LogP contribution in [0.5, 0.6) is 5.75 Å².